The molecular formula is C13H16FN3S. The van der Waals surface area contributed by atoms with E-state index in [1.54, 1.807) is 23.5 Å². The molecule has 0 aliphatic carbocycles. The van der Waals surface area contributed by atoms with E-state index < -0.39 is 0 Å². The van der Waals surface area contributed by atoms with Crippen molar-refractivity contribution in [3.63, 3.8) is 0 Å². The van der Waals surface area contributed by atoms with Gasteiger partial charge in [0.15, 0.2) is 0 Å². The Bertz CT molecular complexity index is 539. The van der Waals surface area contributed by atoms with Crippen LogP contribution in [0.2, 0.25) is 0 Å². The number of nitrogens with one attached hydrogen (secondary N) is 1. The fraction of sp³-hybridized carbons (Fsp3) is 0.308. The van der Waals surface area contributed by atoms with Gasteiger partial charge < -0.3 is 0 Å². The Morgan fingerprint density at radius 3 is 2.83 bits per heavy atom. The molecule has 0 fully saturated rings. The van der Waals surface area contributed by atoms with Gasteiger partial charge in [0.25, 0.3) is 0 Å². The number of halogens is 1. The van der Waals surface area contributed by atoms with Gasteiger partial charge >= 0.3 is 0 Å². The molecule has 1 atom stereocenters. The van der Waals surface area contributed by atoms with Crippen molar-refractivity contribution in [3.05, 3.63) is 51.2 Å². The zero-order valence-electron chi connectivity index (χ0n) is 10.4. The Hall–Kier alpha value is -1.30. The number of nitrogens with zero attached hydrogens (tertiary/aromatic N) is 1. The lowest BCUT2D eigenvalue weighted by Crippen LogP contribution is -2.30. The second-order valence-corrected chi connectivity index (χ2v) is 5.35. The third kappa shape index (κ3) is 2.93. The molecule has 1 aromatic heterocycles. The van der Waals surface area contributed by atoms with Crippen molar-refractivity contribution in [3.8, 4) is 0 Å². The van der Waals surface area contributed by atoms with Crippen molar-refractivity contribution in [2.24, 2.45) is 5.84 Å². The Kier molecular flexibility index (Phi) is 4.06. The minimum atomic E-state index is -0.221. The van der Waals surface area contributed by atoms with Crippen LogP contribution in [-0.4, -0.2) is 4.98 Å². The van der Waals surface area contributed by atoms with Crippen molar-refractivity contribution in [2.45, 2.75) is 26.3 Å². The standard InChI is InChI=1S/C13H16FN3S/c1-8-3-4-11(14)5-10(8)6-12(17-15)13-7-18-9(2)16-13/h3-5,7,12,17H,6,15H2,1-2H3. The summed E-state index contributed by atoms with van der Waals surface area (Å²) in [6.07, 6.45) is 0.628. The van der Waals surface area contributed by atoms with Gasteiger partial charge in [-0.15, -0.1) is 11.3 Å². The lowest BCUT2D eigenvalue weighted by Gasteiger charge is -2.15. The van der Waals surface area contributed by atoms with Crippen molar-refractivity contribution in [2.75, 3.05) is 0 Å². The molecule has 1 heterocycles. The summed E-state index contributed by atoms with van der Waals surface area (Å²) in [6.45, 7) is 3.92. The average Bonchev–Trinajstić information content (AvgIpc) is 2.77. The maximum absolute atomic E-state index is 13.2. The predicted molar refractivity (Wildman–Crippen MR) is 71.8 cm³/mol. The van der Waals surface area contributed by atoms with Crippen LogP contribution in [0.1, 0.15) is 27.9 Å². The smallest absolute Gasteiger partial charge is 0.123 e. The number of rotatable bonds is 4. The first-order chi connectivity index (χ1) is 8.60. The van der Waals surface area contributed by atoms with E-state index in [0.717, 1.165) is 21.8 Å². The lowest BCUT2D eigenvalue weighted by atomic mass is 10.00. The molecular weight excluding hydrogens is 249 g/mol. The van der Waals surface area contributed by atoms with Crippen LogP contribution in [0.15, 0.2) is 23.6 Å². The molecule has 1 unspecified atom stereocenters. The van der Waals surface area contributed by atoms with E-state index in [0.29, 0.717) is 6.42 Å². The third-order valence-electron chi connectivity index (χ3n) is 2.93. The summed E-state index contributed by atoms with van der Waals surface area (Å²) < 4.78 is 13.2. The highest BCUT2D eigenvalue weighted by atomic mass is 32.1. The molecule has 0 amide bonds. The number of nitrogens with two attached hydrogens (primary N) is 1. The average molecular weight is 265 g/mol. The second kappa shape index (κ2) is 5.56. The molecule has 5 heteroatoms. The number of aryl methyl sites for hydroxylation is 2. The number of thiazole rings is 1. The van der Waals surface area contributed by atoms with Crippen LogP contribution >= 0.6 is 11.3 Å². The Morgan fingerprint density at radius 2 is 2.22 bits per heavy atom. The molecule has 1 aromatic carbocycles. The highest BCUT2D eigenvalue weighted by Crippen LogP contribution is 2.22. The van der Waals surface area contributed by atoms with Crippen LogP contribution in [-0.2, 0) is 6.42 Å². The summed E-state index contributed by atoms with van der Waals surface area (Å²) in [5.74, 6) is 5.35. The summed E-state index contributed by atoms with van der Waals surface area (Å²) in [4.78, 5) is 4.41. The Balaban J connectivity index is 2.22. The van der Waals surface area contributed by atoms with Gasteiger partial charge in [0.05, 0.1) is 16.7 Å². The molecule has 2 aromatic rings. The number of benzene rings is 1. The molecule has 0 saturated carbocycles. The van der Waals surface area contributed by atoms with Gasteiger partial charge in [-0.2, -0.15) is 0 Å². The van der Waals surface area contributed by atoms with E-state index in [1.807, 2.05) is 19.2 Å². The zero-order valence-corrected chi connectivity index (χ0v) is 11.2. The summed E-state index contributed by atoms with van der Waals surface area (Å²) in [5, 5.41) is 2.98. The molecule has 96 valence electrons. The second-order valence-electron chi connectivity index (χ2n) is 4.29. The fourth-order valence-electron chi connectivity index (χ4n) is 1.87. The van der Waals surface area contributed by atoms with Gasteiger partial charge in [0.1, 0.15) is 5.82 Å². The minimum Gasteiger partial charge on any atom is -0.271 e. The lowest BCUT2D eigenvalue weighted by molar-refractivity contribution is 0.536. The highest BCUT2D eigenvalue weighted by Gasteiger charge is 2.15. The first-order valence-corrected chi connectivity index (χ1v) is 6.61. The van der Waals surface area contributed by atoms with Crippen LogP contribution < -0.4 is 11.3 Å². The van der Waals surface area contributed by atoms with Gasteiger partial charge in [0, 0.05) is 5.38 Å². The topological polar surface area (TPSA) is 50.9 Å². The molecule has 0 aliphatic heterocycles. The van der Waals surface area contributed by atoms with Crippen molar-refractivity contribution >= 4 is 11.3 Å². The quantitative estimate of drug-likeness (QED) is 0.660. The molecule has 2 rings (SSSR count). The maximum Gasteiger partial charge on any atom is 0.123 e. The van der Waals surface area contributed by atoms with Crippen LogP contribution in [0.4, 0.5) is 4.39 Å². The molecule has 0 spiro atoms. The van der Waals surface area contributed by atoms with Crippen LogP contribution in [0.25, 0.3) is 0 Å². The minimum absolute atomic E-state index is 0.0875. The summed E-state index contributed by atoms with van der Waals surface area (Å²) >= 11 is 1.59. The van der Waals surface area contributed by atoms with Crippen molar-refractivity contribution in [1.29, 1.82) is 0 Å². The molecule has 3 N–H and O–H groups in total. The van der Waals surface area contributed by atoms with Gasteiger partial charge in [-0.3, -0.25) is 11.3 Å². The summed E-state index contributed by atoms with van der Waals surface area (Å²) in [5.41, 5.74) is 5.66. The van der Waals surface area contributed by atoms with Gasteiger partial charge in [-0.05, 0) is 43.5 Å². The van der Waals surface area contributed by atoms with Crippen LogP contribution in [0, 0.1) is 19.7 Å². The number of hydrogen-bond donors (Lipinski definition) is 2. The van der Waals surface area contributed by atoms with Crippen molar-refractivity contribution < 1.29 is 4.39 Å². The molecule has 18 heavy (non-hydrogen) atoms. The third-order valence-corrected chi connectivity index (χ3v) is 3.72. The van der Waals surface area contributed by atoms with Crippen molar-refractivity contribution in [1.82, 2.24) is 10.4 Å². The Labute approximate surface area is 110 Å². The van der Waals surface area contributed by atoms with Crippen LogP contribution in [0.3, 0.4) is 0 Å². The summed E-state index contributed by atoms with van der Waals surface area (Å²) in [7, 11) is 0. The predicted octanol–water partition coefficient (Wildman–Crippen LogP) is 2.65. The number of hydrogen-bond acceptors (Lipinski definition) is 4. The van der Waals surface area contributed by atoms with E-state index in [2.05, 4.69) is 10.4 Å². The molecule has 0 radical (unpaired) electrons. The van der Waals surface area contributed by atoms with E-state index in [9.17, 15) is 4.39 Å². The van der Waals surface area contributed by atoms with E-state index >= 15 is 0 Å². The first kappa shape index (κ1) is 13.1. The zero-order chi connectivity index (χ0) is 13.1. The van der Waals surface area contributed by atoms with E-state index in [1.165, 1.54) is 6.07 Å². The van der Waals surface area contributed by atoms with E-state index in [4.69, 9.17) is 5.84 Å². The maximum atomic E-state index is 13.2. The van der Waals surface area contributed by atoms with Gasteiger partial charge in [0.2, 0.25) is 0 Å². The largest absolute Gasteiger partial charge is 0.271 e. The Morgan fingerprint density at radius 1 is 1.44 bits per heavy atom. The first-order valence-electron chi connectivity index (χ1n) is 5.73. The number of aromatic nitrogens is 1. The highest BCUT2D eigenvalue weighted by molar-refractivity contribution is 7.09. The molecule has 0 bridgehead atoms. The number of hydrazine groups is 1. The molecule has 3 nitrogen and oxygen atoms in total. The monoisotopic (exact) mass is 265 g/mol. The van der Waals surface area contributed by atoms with E-state index in [-0.39, 0.29) is 11.9 Å². The SMILES string of the molecule is Cc1nc(C(Cc2cc(F)ccc2C)NN)cs1. The normalized spacial score (nSPS) is 12.7. The molecule has 0 saturated heterocycles. The van der Waals surface area contributed by atoms with Gasteiger partial charge in [-0.1, -0.05) is 6.07 Å². The fourth-order valence-corrected chi connectivity index (χ4v) is 2.54. The molecule has 0 aliphatic rings. The summed E-state index contributed by atoms with van der Waals surface area (Å²) in [6, 6.07) is 4.72. The van der Waals surface area contributed by atoms with Gasteiger partial charge in [-0.25, -0.2) is 9.37 Å². The van der Waals surface area contributed by atoms with Crippen LogP contribution in [0.5, 0.6) is 0 Å².